The van der Waals surface area contributed by atoms with Crippen molar-refractivity contribution < 1.29 is 0 Å². The highest BCUT2D eigenvalue weighted by atomic mass is 15.0. The number of benzene rings is 1. The highest BCUT2D eigenvalue weighted by molar-refractivity contribution is 5.31. The molecule has 1 N–H and O–H groups in total. The second-order valence-corrected chi connectivity index (χ2v) is 3.46. The summed E-state index contributed by atoms with van der Waals surface area (Å²) in [6, 6.07) is 10.2. The third-order valence-corrected chi connectivity index (χ3v) is 2.32. The van der Waals surface area contributed by atoms with E-state index in [2.05, 4.69) is 28.6 Å². The molecule has 2 aromatic rings. The van der Waals surface area contributed by atoms with Crippen LogP contribution in [0, 0.1) is 0 Å². The van der Waals surface area contributed by atoms with E-state index in [0.29, 0.717) is 0 Å². The summed E-state index contributed by atoms with van der Waals surface area (Å²) in [5, 5.41) is 3.12. The minimum atomic E-state index is 0.964. The standard InChI is InChI=1S/C12H15N3/c1-13-8-7-11-9-15(10-14-11)12-5-3-2-4-6-12/h2-6,9-10,13H,7-8H2,1H3. The molecule has 1 heterocycles. The fourth-order valence-electron chi connectivity index (χ4n) is 1.49. The minimum absolute atomic E-state index is 0.964. The molecule has 0 unspecified atom stereocenters. The Morgan fingerprint density at radius 1 is 1.27 bits per heavy atom. The van der Waals surface area contributed by atoms with E-state index in [4.69, 9.17) is 0 Å². The maximum atomic E-state index is 4.35. The second-order valence-electron chi connectivity index (χ2n) is 3.46. The molecular formula is C12H15N3. The number of para-hydroxylation sites is 1. The van der Waals surface area contributed by atoms with Gasteiger partial charge in [-0.2, -0.15) is 0 Å². The summed E-state index contributed by atoms with van der Waals surface area (Å²) < 4.78 is 2.05. The van der Waals surface area contributed by atoms with E-state index < -0.39 is 0 Å². The van der Waals surface area contributed by atoms with Crippen molar-refractivity contribution in [3.63, 3.8) is 0 Å². The van der Waals surface area contributed by atoms with Crippen LogP contribution in [-0.2, 0) is 6.42 Å². The molecule has 2 rings (SSSR count). The van der Waals surface area contributed by atoms with Crippen LogP contribution in [0.25, 0.3) is 5.69 Å². The molecule has 0 aliphatic carbocycles. The van der Waals surface area contributed by atoms with Gasteiger partial charge >= 0.3 is 0 Å². The Morgan fingerprint density at radius 2 is 2.07 bits per heavy atom. The molecule has 0 bridgehead atoms. The molecule has 0 radical (unpaired) electrons. The molecule has 15 heavy (non-hydrogen) atoms. The van der Waals surface area contributed by atoms with E-state index in [9.17, 15) is 0 Å². The van der Waals surface area contributed by atoms with Crippen molar-refractivity contribution in [1.82, 2.24) is 14.9 Å². The van der Waals surface area contributed by atoms with Crippen molar-refractivity contribution in [1.29, 1.82) is 0 Å². The first-order chi connectivity index (χ1) is 7.40. The van der Waals surface area contributed by atoms with Crippen LogP contribution in [0.2, 0.25) is 0 Å². The second kappa shape index (κ2) is 4.75. The Morgan fingerprint density at radius 3 is 2.80 bits per heavy atom. The molecule has 3 heteroatoms. The van der Waals surface area contributed by atoms with Crippen LogP contribution in [0.1, 0.15) is 5.69 Å². The Labute approximate surface area is 89.8 Å². The van der Waals surface area contributed by atoms with Crippen molar-refractivity contribution in [3.05, 3.63) is 48.5 Å². The van der Waals surface area contributed by atoms with Crippen molar-refractivity contribution in [2.75, 3.05) is 13.6 Å². The molecule has 0 spiro atoms. The fraction of sp³-hybridized carbons (Fsp3) is 0.250. The predicted octanol–water partition coefficient (Wildman–Crippen LogP) is 1.63. The lowest BCUT2D eigenvalue weighted by Crippen LogP contribution is -2.10. The lowest BCUT2D eigenvalue weighted by Gasteiger charge is -1.99. The molecule has 1 aromatic carbocycles. The number of nitrogens with one attached hydrogen (secondary N) is 1. The molecule has 0 aliphatic heterocycles. The van der Waals surface area contributed by atoms with E-state index in [-0.39, 0.29) is 0 Å². The number of nitrogens with zero attached hydrogens (tertiary/aromatic N) is 2. The molecule has 0 atom stereocenters. The Bertz CT molecular complexity index is 406. The number of hydrogen-bond acceptors (Lipinski definition) is 2. The maximum absolute atomic E-state index is 4.35. The molecule has 3 nitrogen and oxygen atoms in total. The van der Waals surface area contributed by atoms with Crippen molar-refractivity contribution in [3.8, 4) is 5.69 Å². The van der Waals surface area contributed by atoms with Crippen LogP contribution >= 0.6 is 0 Å². The van der Waals surface area contributed by atoms with Gasteiger partial charge in [-0.05, 0) is 19.2 Å². The summed E-state index contributed by atoms with van der Waals surface area (Å²) >= 11 is 0. The molecule has 0 saturated carbocycles. The summed E-state index contributed by atoms with van der Waals surface area (Å²) in [5.41, 5.74) is 2.27. The molecule has 78 valence electrons. The molecule has 0 aliphatic rings. The van der Waals surface area contributed by atoms with Gasteiger partial charge in [0.25, 0.3) is 0 Å². The van der Waals surface area contributed by atoms with E-state index in [1.807, 2.05) is 36.1 Å². The zero-order chi connectivity index (χ0) is 10.5. The molecule has 0 fully saturated rings. The van der Waals surface area contributed by atoms with Gasteiger partial charge in [0.15, 0.2) is 0 Å². The van der Waals surface area contributed by atoms with Gasteiger partial charge in [0.1, 0.15) is 0 Å². The lowest BCUT2D eigenvalue weighted by molar-refractivity contribution is 0.779. The number of rotatable bonds is 4. The van der Waals surface area contributed by atoms with Gasteiger partial charge in [-0.15, -0.1) is 0 Å². The first-order valence-corrected chi connectivity index (χ1v) is 5.13. The highest BCUT2D eigenvalue weighted by Crippen LogP contribution is 2.07. The monoisotopic (exact) mass is 201 g/mol. The molecule has 1 aromatic heterocycles. The fourth-order valence-corrected chi connectivity index (χ4v) is 1.49. The quantitative estimate of drug-likeness (QED) is 0.815. The summed E-state index contributed by atoms with van der Waals surface area (Å²) in [6.45, 7) is 0.964. The first kappa shape index (κ1) is 9.93. The van der Waals surface area contributed by atoms with Crippen LogP contribution in [0.5, 0.6) is 0 Å². The summed E-state index contributed by atoms with van der Waals surface area (Å²) in [4.78, 5) is 4.35. The lowest BCUT2D eigenvalue weighted by atomic mass is 10.3. The third kappa shape index (κ3) is 2.44. The van der Waals surface area contributed by atoms with Crippen molar-refractivity contribution in [2.45, 2.75) is 6.42 Å². The largest absolute Gasteiger partial charge is 0.319 e. The van der Waals surface area contributed by atoms with Gasteiger partial charge in [-0.1, -0.05) is 18.2 Å². The van der Waals surface area contributed by atoms with Gasteiger partial charge < -0.3 is 9.88 Å². The van der Waals surface area contributed by atoms with Gasteiger partial charge in [-0.25, -0.2) is 4.98 Å². The highest BCUT2D eigenvalue weighted by Gasteiger charge is 1.99. The van der Waals surface area contributed by atoms with Crippen LogP contribution in [0.15, 0.2) is 42.9 Å². The van der Waals surface area contributed by atoms with Crippen LogP contribution in [-0.4, -0.2) is 23.1 Å². The summed E-state index contributed by atoms with van der Waals surface area (Å²) in [5.74, 6) is 0. The SMILES string of the molecule is CNCCc1cn(-c2ccccc2)cn1. The average Bonchev–Trinajstić information content (AvgIpc) is 2.76. The van der Waals surface area contributed by atoms with Crippen molar-refractivity contribution >= 4 is 0 Å². The third-order valence-electron chi connectivity index (χ3n) is 2.32. The van der Waals surface area contributed by atoms with E-state index in [1.165, 1.54) is 0 Å². The minimum Gasteiger partial charge on any atom is -0.319 e. The van der Waals surface area contributed by atoms with E-state index in [1.54, 1.807) is 0 Å². The normalized spacial score (nSPS) is 10.5. The Kier molecular flexibility index (Phi) is 3.15. The number of hydrogen-bond donors (Lipinski definition) is 1. The molecular weight excluding hydrogens is 186 g/mol. The van der Waals surface area contributed by atoms with Crippen LogP contribution in [0.4, 0.5) is 0 Å². The summed E-state index contributed by atoms with van der Waals surface area (Å²) in [7, 11) is 1.95. The summed E-state index contributed by atoms with van der Waals surface area (Å²) in [6.07, 6.45) is 4.91. The Hall–Kier alpha value is -1.61. The first-order valence-electron chi connectivity index (χ1n) is 5.13. The molecule has 0 saturated heterocycles. The van der Waals surface area contributed by atoms with Gasteiger partial charge in [-0.3, -0.25) is 0 Å². The average molecular weight is 201 g/mol. The van der Waals surface area contributed by atoms with Gasteiger partial charge in [0.2, 0.25) is 0 Å². The van der Waals surface area contributed by atoms with Crippen LogP contribution < -0.4 is 5.32 Å². The maximum Gasteiger partial charge on any atom is 0.0995 e. The number of imidazole rings is 1. The number of likely N-dealkylation sites (N-methyl/N-ethyl adjacent to an activating group) is 1. The topological polar surface area (TPSA) is 29.9 Å². The van der Waals surface area contributed by atoms with E-state index in [0.717, 1.165) is 24.3 Å². The van der Waals surface area contributed by atoms with Gasteiger partial charge in [0.05, 0.1) is 12.0 Å². The van der Waals surface area contributed by atoms with E-state index >= 15 is 0 Å². The van der Waals surface area contributed by atoms with Crippen molar-refractivity contribution in [2.24, 2.45) is 0 Å². The molecule has 0 amide bonds. The zero-order valence-electron chi connectivity index (χ0n) is 8.85. The number of aromatic nitrogens is 2. The zero-order valence-corrected chi connectivity index (χ0v) is 8.85. The Balaban J connectivity index is 2.14. The predicted molar refractivity (Wildman–Crippen MR) is 61.2 cm³/mol. The van der Waals surface area contributed by atoms with Gasteiger partial charge in [0, 0.05) is 24.8 Å². The van der Waals surface area contributed by atoms with Crippen LogP contribution in [0.3, 0.4) is 0 Å². The smallest absolute Gasteiger partial charge is 0.0995 e.